The number of esters is 1. The molecule has 0 saturated carbocycles. The molecule has 0 heterocycles. The summed E-state index contributed by atoms with van der Waals surface area (Å²) in [5.74, 6) is 0.482. The van der Waals surface area contributed by atoms with Gasteiger partial charge in [0.2, 0.25) is 0 Å². The zero-order chi connectivity index (χ0) is 14.1. The third-order valence-corrected chi connectivity index (χ3v) is 2.73. The van der Waals surface area contributed by atoms with E-state index in [4.69, 9.17) is 9.47 Å². The summed E-state index contributed by atoms with van der Waals surface area (Å²) >= 11 is 0. The second-order valence-corrected chi connectivity index (χ2v) is 4.49. The van der Waals surface area contributed by atoms with Gasteiger partial charge in [-0.2, -0.15) is 0 Å². The van der Waals surface area contributed by atoms with Gasteiger partial charge in [0.05, 0.1) is 6.61 Å². The first-order valence-electron chi connectivity index (χ1n) is 6.67. The molecule has 1 aromatic carbocycles. The van der Waals surface area contributed by atoms with Crippen LogP contribution in [0.1, 0.15) is 30.9 Å². The van der Waals surface area contributed by atoms with Crippen LogP contribution in [-0.2, 0) is 16.1 Å². The van der Waals surface area contributed by atoms with Crippen molar-refractivity contribution in [3.63, 3.8) is 0 Å². The third kappa shape index (κ3) is 5.85. The zero-order valence-electron chi connectivity index (χ0n) is 12.0. The fourth-order valence-corrected chi connectivity index (χ4v) is 1.72. The van der Waals surface area contributed by atoms with Gasteiger partial charge in [-0.15, -0.1) is 0 Å². The highest BCUT2D eigenvalue weighted by atomic mass is 16.5. The number of ether oxygens (including phenoxy) is 2. The Bertz CT molecular complexity index is 404. The molecule has 19 heavy (non-hydrogen) atoms. The van der Waals surface area contributed by atoms with E-state index in [1.54, 1.807) is 7.11 Å². The van der Waals surface area contributed by atoms with Crippen LogP contribution in [0.15, 0.2) is 18.2 Å². The Morgan fingerprint density at radius 3 is 2.79 bits per heavy atom. The molecular weight excluding hydrogens is 242 g/mol. The van der Waals surface area contributed by atoms with Crippen LogP contribution in [0, 0.1) is 6.92 Å². The van der Waals surface area contributed by atoms with E-state index in [1.807, 2.05) is 32.0 Å². The second kappa shape index (κ2) is 8.67. The molecule has 0 amide bonds. The molecule has 0 bridgehead atoms. The Kier molecular flexibility index (Phi) is 7.15. The van der Waals surface area contributed by atoms with Crippen molar-refractivity contribution >= 4 is 5.97 Å². The molecule has 0 saturated heterocycles. The van der Waals surface area contributed by atoms with Crippen LogP contribution < -0.4 is 10.1 Å². The predicted octanol–water partition coefficient (Wildman–Crippen LogP) is 2.44. The minimum Gasteiger partial charge on any atom is -0.426 e. The highest BCUT2D eigenvalue weighted by molar-refractivity contribution is 5.72. The lowest BCUT2D eigenvalue weighted by atomic mass is 10.1. The lowest BCUT2D eigenvalue weighted by Crippen LogP contribution is -2.18. The monoisotopic (exact) mass is 265 g/mol. The van der Waals surface area contributed by atoms with Gasteiger partial charge in [-0.3, -0.25) is 4.79 Å². The SMILES string of the molecule is CCCC(=O)Oc1ccc(CNCCOC)cc1C. The number of rotatable bonds is 8. The molecule has 4 nitrogen and oxygen atoms in total. The minimum absolute atomic E-state index is 0.170. The van der Waals surface area contributed by atoms with Gasteiger partial charge in [0.1, 0.15) is 5.75 Å². The van der Waals surface area contributed by atoms with Crippen molar-refractivity contribution in [1.29, 1.82) is 0 Å². The summed E-state index contributed by atoms with van der Waals surface area (Å²) in [6.45, 7) is 6.22. The molecule has 1 rings (SSSR count). The lowest BCUT2D eigenvalue weighted by Gasteiger charge is -2.09. The van der Waals surface area contributed by atoms with Crippen LogP contribution in [-0.4, -0.2) is 26.2 Å². The smallest absolute Gasteiger partial charge is 0.311 e. The number of nitrogens with one attached hydrogen (secondary N) is 1. The number of hydrogen-bond acceptors (Lipinski definition) is 4. The third-order valence-electron chi connectivity index (χ3n) is 2.73. The van der Waals surface area contributed by atoms with Crippen molar-refractivity contribution in [2.45, 2.75) is 33.2 Å². The quantitative estimate of drug-likeness (QED) is 0.445. The van der Waals surface area contributed by atoms with E-state index in [1.165, 1.54) is 5.56 Å². The molecule has 0 unspecified atom stereocenters. The summed E-state index contributed by atoms with van der Waals surface area (Å²) in [5, 5.41) is 3.28. The molecule has 0 fully saturated rings. The maximum atomic E-state index is 11.4. The lowest BCUT2D eigenvalue weighted by molar-refractivity contribution is -0.134. The zero-order valence-corrected chi connectivity index (χ0v) is 12.0. The van der Waals surface area contributed by atoms with Crippen LogP contribution >= 0.6 is 0 Å². The highest BCUT2D eigenvalue weighted by Crippen LogP contribution is 2.19. The van der Waals surface area contributed by atoms with Gasteiger partial charge in [0, 0.05) is 26.6 Å². The molecule has 0 spiro atoms. The van der Waals surface area contributed by atoms with E-state index < -0.39 is 0 Å². The Hall–Kier alpha value is -1.39. The molecule has 0 radical (unpaired) electrons. The largest absolute Gasteiger partial charge is 0.426 e. The van der Waals surface area contributed by atoms with Crippen molar-refractivity contribution in [2.75, 3.05) is 20.3 Å². The highest BCUT2D eigenvalue weighted by Gasteiger charge is 2.06. The Morgan fingerprint density at radius 2 is 2.16 bits per heavy atom. The number of hydrogen-bond donors (Lipinski definition) is 1. The van der Waals surface area contributed by atoms with Crippen molar-refractivity contribution in [3.8, 4) is 5.75 Å². The van der Waals surface area contributed by atoms with E-state index in [9.17, 15) is 4.79 Å². The van der Waals surface area contributed by atoms with Gasteiger partial charge in [-0.25, -0.2) is 0 Å². The predicted molar refractivity (Wildman–Crippen MR) is 75.3 cm³/mol. The summed E-state index contributed by atoms with van der Waals surface area (Å²) in [7, 11) is 1.69. The van der Waals surface area contributed by atoms with Crippen molar-refractivity contribution in [2.24, 2.45) is 0 Å². The summed E-state index contributed by atoms with van der Waals surface area (Å²) in [6.07, 6.45) is 1.26. The van der Waals surface area contributed by atoms with Crippen molar-refractivity contribution in [1.82, 2.24) is 5.32 Å². The van der Waals surface area contributed by atoms with Crippen LogP contribution in [0.3, 0.4) is 0 Å². The van der Waals surface area contributed by atoms with Gasteiger partial charge in [-0.05, 0) is 30.5 Å². The molecule has 4 heteroatoms. The first kappa shape index (κ1) is 15.7. The van der Waals surface area contributed by atoms with Crippen LogP contribution in [0.4, 0.5) is 0 Å². The number of carbonyl (C=O) groups is 1. The molecule has 0 aliphatic carbocycles. The molecular formula is C15H23NO3. The van der Waals surface area contributed by atoms with E-state index >= 15 is 0 Å². The Morgan fingerprint density at radius 1 is 1.37 bits per heavy atom. The maximum absolute atomic E-state index is 11.4. The topological polar surface area (TPSA) is 47.6 Å². The molecule has 106 valence electrons. The minimum atomic E-state index is -0.170. The second-order valence-electron chi connectivity index (χ2n) is 4.49. The van der Waals surface area contributed by atoms with E-state index in [2.05, 4.69) is 5.32 Å². The summed E-state index contributed by atoms with van der Waals surface area (Å²) in [5.41, 5.74) is 2.15. The molecule has 0 aromatic heterocycles. The number of aryl methyl sites for hydroxylation is 1. The normalized spacial score (nSPS) is 10.5. The maximum Gasteiger partial charge on any atom is 0.311 e. The summed E-state index contributed by atoms with van der Waals surface area (Å²) in [6, 6.07) is 5.87. The Balaban J connectivity index is 2.51. The average Bonchev–Trinajstić information content (AvgIpc) is 2.38. The summed E-state index contributed by atoms with van der Waals surface area (Å²) < 4.78 is 10.3. The van der Waals surface area contributed by atoms with Gasteiger partial charge >= 0.3 is 5.97 Å². The van der Waals surface area contributed by atoms with Crippen LogP contribution in [0.2, 0.25) is 0 Å². The first-order valence-corrected chi connectivity index (χ1v) is 6.67. The molecule has 0 aliphatic heterocycles. The fourth-order valence-electron chi connectivity index (χ4n) is 1.72. The van der Waals surface area contributed by atoms with Crippen molar-refractivity contribution in [3.05, 3.63) is 29.3 Å². The number of methoxy groups -OCH3 is 1. The number of carbonyl (C=O) groups excluding carboxylic acids is 1. The summed E-state index contributed by atoms with van der Waals surface area (Å²) in [4.78, 5) is 11.4. The van der Waals surface area contributed by atoms with E-state index in [0.29, 0.717) is 18.8 Å². The average molecular weight is 265 g/mol. The number of benzene rings is 1. The van der Waals surface area contributed by atoms with Crippen LogP contribution in [0.25, 0.3) is 0 Å². The Labute approximate surface area is 115 Å². The first-order chi connectivity index (χ1) is 9.17. The fraction of sp³-hybridized carbons (Fsp3) is 0.533. The molecule has 1 aromatic rings. The molecule has 0 aliphatic rings. The van der Waals surface area contributed by atoms with E-state index in [0.717, 1.165) is 25.1 Å². The van der Waals surface area contributed by atoms with Gasteiger partial charge in [-0.1, -0.05) is 19.1 Å². The van der Waals surface area contributed by atoms with Gasteiger partial charge in [0.25, 0.3) is 0 Å². The standard InChI is InChI=1S/C15H23NO3/c1-4-5-15(17)19-14-7-6-13(10-12(14)2)11-16-8-9-18-3/h6-7,10,16H,4-5,8-9,11H2,1-3H3. The van der Waals surface area contributed by atoms with E-state index in [-0.39, 0.29) is 5.97 Å². The van der Waals surface area contributed by atoms with Crippen LogP contribution in [0.5, 0.6) is 5.75 Å². The molecule has 0 atom stereocenters. The molecule has 1 N–H and O–H groups in total. The van der Waals surface area contributed by atoms with Gasteiger partial charge in [0.15, 0.2) is 0 Å². The van der Waals surface area contributed by atoms with Crippen molar-refractivity contribution < 1.29 is 14.3 Å². The van der Waals surface area contributed by atoms with Gasteiger partial charge < -0.3 is 14.8 Å².